The van der Waals surface area contributed by atoms with E-state index in [9.17, 15) is 4.79 Å². The Hall–Kier alpha value is -0.810. The second kappa shape index (κ2) is 3.51. The van der Waals surface area contributed by atoms with Crippen LogP contribution in [0.3, 0.4) is 0 Å². The maximum atomic E-state index is 11.5. The van der Waals surface area contributed by atoms with Crippen LogP contribution in [0.4, 0.5) is 0 Å². The summed E-state index contributed by atoms with van der Waals surface area (Å²) in [5.74, 6) is 0.943. The molecule has 0 aliphatic carbocycles. The molecule has 70 valence electrons. The van der Waals surface area contributed by atoms with Crippen molar-refractivity contribution in [3.63, 3.8) is 0 Å². The van der Waals surface area contributed by atoms with Gasteiger partial charge < -0.3 is 4.74 Å². The minimum absolute atomic E-state index is 0.0297. The Balaban J connectivity index is 2.44. The summed E-state index contributed by atoms with van der Waals surface area (Å²) in [7, 11) is 1.60. The van der Waals surface area contributed by atoms with Crippen LogP contribution in [0.5, 0.6) is 0 Å². The Labute approximate surface area is 79.9 Å². The van der Waals surface area contributed by atoms with Gasteiger partial charge in [0.15, 0.2) is 5.16 Å². The second-order valence-corrected chi connectivity index (χ2v) is 3.86. The molecule has 0 amide bonds. The van der Waals surface area contributed by atoms with E-state index in [4.69, 9.17) is 4.74 Å². The van der Waals surface area contributed by atoms with Gasteiger partial charge in [-0.25, -0.2) is 4.98 Å². The highest BCUT2D eigenvalue weighted by Gasteiger charge is 2.14. The molecule has 0 spiro atoms. The quantitative estimate of drug-likeness (QED) is 0.649. The van der Waals surface area contributed by atoms with Gasteiger partial charge in [0.1, 0.15) is 0 Å². The Morgan fingerprint density at radius 3 is 3.38 bits per heavy atom. The van der Waals surface area contributed by atoms with Crippen LogP contribution in [0.15, 0.2) is 16.0 Å². The van der Waals surface area contributed by atoms with E-state index in [2.05, 4.69) is 4.98 Å². The molecule has 1 aliphatic heterocycles. The van der Waals surface area contributed by atoms with Crippen molar-refractivity contribution < 1.29 is 4.74 Å². The largest absolute Gasteiger partial charge is 0.378 e. The molecule has 4 nitrogen and oxygen atoms in total. The molecular formula is C8H10N2O2S. The summed E-state index contributed by atoms with van der Waals surface area (Å²) in [6.07, 6.45) is 0. The predicted octanol–water partition coefficient (Wildman–Crippen LogP) is 0.495. The van der Waals surface area contributed by atoms with Crippen molar-refractivity contribution in [3.05, 3.63) is 22.1 Å². The Morgan fingerprint density at radius 2 is 2.62 bits per heavy atom. The van der Waals surface area contributed by atoms with Crippen LogP contribution in [0.25, 0.3) is 0 Å². The molecule has 1 aliphatic rings. The van der Waals surface area contributed by atoms with Gasteiger partial charge in [-0.05, 0) is 0 Å². The number of hydrogen-bond donors (Lipinski definition) is 0. The first-order chi connectivity index (χ1) is 6.31. The summed E-state index contributed by atoms with van der Waals surface area (Å²) in [5.41, 5.74) is 0.746. The topological polar surface area (TPSA) is 44.1 Å². The number of hydrogen-bond acceptors (Lipinski definition) is 4. The van der Waals surface area contributed by atoms with Gasteiger partial charge in [0, 0.05) is 25.5 Å². The summed E-state index contributed by atoms with van der Waals surface area (Å²) < 4.78 is 6.62. The molecule has 0 fully saturated rings. The van der Waals surface area contributed by atoms with E-state index in [1.165, 1.54) is 0 Å². The van der Waals surface area contributed by atoms with E-state index in [-0.39, 0.29) is 5.56 Å². The Bertz CT molecular complexity index is 375. The third-order valence-corrected chi connectivity index (χ3v) is 2.82. The van der Waals surface area contributed by atoms with Crippen LogP contribution in [-0.2, 0) is 17.9 Å². The van der Waals surface area contributed by atoms with Crippen LogP contribution in [0.1, 0.15) is 5.69 Å². The van der Waals surface area contributed by atoms with E-state index >= 15 is 0 Å². The van der Waals surface area contributed by atoms with Gasteiger partial charge in [0.25, 0.3) is 5.56 Å². The highest BCUT2D eigenvalue weighted by atomic mass is 32.2. The van der Waals surface area contributed by atoms with Gasteiger partial charge in [0.2, 0.25) is 0 Å². The van der Waals surface area contributed by atoms with Gasteiger partial charge in [-0.15, -0.1) is 0 Å². The molecule has 5 heteroatoms. The lowest BCUT2D eigenvalue weighted by Crippen LogP contribution is -2.20. The molecule has 1 aromatic heterocycles. The lowest BCUT2D eigenvalue weighted by molar-refractivity contribution is 0.180. The summed E-state index contributed by atoms with van der Waals surface area (Å²) >= 11 is 1.62. The van der Waals surface area contributed by atoms with Crippen LogP contribution in [0, 0.1) is 0 Å². The van der Waals surface area contributed by atoms with E-state index in [1.54, 1.807) is 29.5 Å². The van der Waals surface area contributed by atoms with Crippen LogP contribution >= 0.6 is 11.8 Å². The van der Waals surface area contributed by atoms with Crippen molar-refractivity contribution in [2.45, 2.75) is 18.3 Å². The summed E-state index contributed by atoms with van der Waals surface area (Å²) in [6, 6.07) is 1.54. The maximum Gasteiger partial charge on any atom is 0.254 e. The zero-order valence-corrected chi connectivity index (χ0v) is 8.13. The van der Waals surface area contributed by atoms with E-state index in [0.717, 1.165) is 17.5 Å². The molecule has 0 radical (unpaired) electrons. The first-order valence-electron chi connectivity index (χ1n) is 4.04. The fraction of sp³-hybridized carbons (Fsp3) is 0.500. The molecular weight excluding hydrogens is 188 g/mol. The summed E-state index contributed by atoms with van der Waals surface area (Å²) in [4.78, 5) is 15.8. The van der Waals surface area contributed by atoms with Crippen molar-refractivity contribution in [2.75, 3.05) is 12.9 Å². The molecule has 0 unspecified atom stereocenters. The highest BCUT2D eigenvalue weighted by Crippen LogP contribution is 2.20. The third-order valence-electron chi connectivity index (χ3n) is 1.86. The Morgan fingerprint density at radius 1 is 1.77 bits per heavy atom. The first-order valence-corrected chi connectivity index (χ1v) is 5.02. The monoisotopic (exact) mass is 198 g/mol. The van der Waals surface area contributed by atoms with Crippen LogP contribution in [0.2, 0.25) is 0 Å². The number of nitrogens with zero attached hydrogens (tertiary/aromatic N) is 2. The summed E-state index contributed by atoms with van der Waals surface area (Å²) in [5, 5.41) is 0.819. The molecule has 0 saturated heterocycles. The van der Waals surface area contributed by atoms with Gasteiger partial charge in [-0.3, -0.25) is 9.36 Å². The van der Waals surface area contributed by atoms with Crippen molar-refractivity contribution in [2.24, 2.45) is 0 Å². The van der Waals surface area contributed by atoms with Crippen molar-refractivity contribution in [1.82, 2.24) is 9.55 Å². The van der Waals surface area contributed by atoms with Crippen molar-refractivity contribution >= 4 is 11.8 Å². The van der Waals surface area contributed by atoms with Gasteiger partial charge in [-0.1, -0.05) is 11.8 Å². The third kappa shape index (κ3) is 1.62. The zero-order valence-electron chi connectivity index (χ0n) is 7.32. The number of rotatable bonds is 2. The molecule has 1 aromatic rings. The lowest BCUT2D eigenvalue weighted by Gasteiger charge is -2.02. The molecule has 13 heavy (non-hydrogen) atoms. The number of ether oxygens (including phenoxy) is 1. The van der Waals surface area contributed by atoms with E-state index < -0.39 is 0 Å². The SMILES string of the molecule is COCc1cc(=O)n2c(n1)SCC2. The lowest BCUT2D eigenvalue weighted by atomic mass is 10.4. The second-order valence-electron chi connectivity index (χ2n) is 2.80. The highest BCUT2D eigenvalue weighted by molar-refractivity contribution is 7.99. The summed E-state index contributed by atoms with van der Waals surface area (Å²) in [6.45, 7) is 1.18. The average Bonchev–Trinajstić information content (AvgIpc) is 2.53. The minimum atomic E-state index is 0.0297. The number of fused-ring (bicyclic) bond motifs is 1. The Kier molecular flexibility index (Phi) is 2.37. The molecule has 0 aromatic carbocycles. The van der Waals surface area contributed by atoms with Crippen molar-refractivity contribution in [1.29, 1.82) is 0 Å². The molecule has 0 bridgehead atoms. The number of methoxy groups -OCH3 is 1. The standard InChI is InChI=1S/C8H10N2O2S/c1-12-5-6-4-7(11)10-2-3-13-8(10)9-6/h4H,2-3,5H2,1H3. The molecule has 0 atom stereocenters. The van der Waals surface area contributed by atoms with Gasteiger partial charge in [0.05, 0.1) is 12.3 Å². The first kappa shape index (κ1) is 8.77. The number of thioether (sulfide) groups is 1. The smallest absolute Gasteiger partial charge is 0.254 e. The molecule has 2 rings (SSSR count). The molecule has 0 N–H and O–H groups in total. The molecule has 2 heterocycles. The number of aromatic nitrogens is 2. The van der Waals surface area contributed by atoms with E-state index in [1.807, 2.05) is 0 Å². The predicted molar refractivity (Wildman–Crippen MR) is 49.9 cm³/mol. The van der Waals surface area contributed by atoms with Crippen LogP contribution in [-0.4, -0.2) is 22.4 Å². The van der Waals surface area contributed by atoms with Crippen molar-refractivity contribution in [3.8, 4) is 0 Å². The van der Waals surface area contributed by atoms with Gasteiger partial charge >= 0.3 is 0 Å². The fourth-order valence-corrected chi connectivity index (χ4v) is 2.27. The minimum Gasteiger partial charge on any atom is -0.378 e. The van der Waals surface area contributed by atoms with Crippen LogP contribution < -0.4 is 5.56 Å². The van der Waals surface area contributed by atoms with E-state index in [0.29, 0.717) is 12.3 Å². The normalized spacial score (nSPS) is 14.5. The zero-order chi connectivity index (χ0) is 9.26. The maximum absolute atomic E-state index is 11.5. The fourth-order valence-electron chi connectivity index (χ4n) is 1.30. The average molecular weight is 198 g/mol. The molecule has 0 saturated carbocycles. The van der Waals surface area contributed by atoms with Gasteiger partial charge in [-0.2, -0.15) is 0 Å².